The molecule has 0 aliphatic carbocycles. The number of nitrogens with zero attached hydrogens (tertiary/aromatic N) is 5. The minimum atomic E-state index is -3.10. The van der Waals surface area contributed by atoms with Gasteiger partial charge in [0.1, 0.15) is 24.5 Å². The van der Waals surface area contributed by atoms with E-state index in [9.17, 15) is 13.6 Å². The molecule has 0 spiro atoms. The summed E-state index contributed by atoms with van der Waals surface area (Å²) in [5, 5.41) is 10.9. The maximum atomic E-state index is 13.4. The lowest BCUT2D eigenvalue weighted by Crippen LogP contribution is -2.30. The molecule has 0 bridgehead atoms. The number of alkyl halides is 2. The van der Waals surface area contributed by atoms with Crippen molar-refractivity contribution in [2.75, 3.05) is 30.8 Å². The van der Waals surface area contributed by atoms with Crippen LogP contribution < -0.4 is 20.1 Å². The summed E-state index contributed by atoms with van der Waals surface area (Å²) in [6.45, 7) is 5.29. The highest BCUT2D eigenvalue weighted by molar-refractivity contribution is 6.00. The van der Waals surface area contributed by atoms with Crippen molar-refractivity contribution in [1.82, 2.24) is 24.6 Å². The maximum Gasteiger partial charge on any atom is 0.387 e. The minimum absolute atomic E-state index is 0.138. The fraction of sp³-hybridized carbons (Fsp3) is 0.286. The molecule has 0 saturated carbocycles. The Morgan fingerprint density at radius 2 is 1.95 bits per heavy atom. The Bertz CT molecular complexity index is 1510. The van der Waals surface area contributed by atoms with Crippen LogP contribution in [0.15, 0.2) is 61.6 Å². The van der Waals surface area contributed by atoms with Gasteiger partial charge in [0, 0.05) is 42.7 Å². The van der Waals surface area contributed by atoms with Gasteiger partial charge in [0.2, 0.25) is 5.91 Å². The number of aryl methyl sites for hydroxylation is 1. The topological polar surface area (TPSA) is 106 Å². The van der Waals surface area contributed by atoms with Gasteiger partial charge in [-0.3, -0.25) is 9.48 Å². The molecule has 2 heterocycles. The smallest absolute Gasteiger partial charge is 0.387 e. The Morgan fingerprint density at radius 3 is 2.67 bits per heavy atom. The Morgan fingerprint density at radius 1 is 1.15 bits per heavy atom. The van der Waals surface area contributed by atoms with Gasteiger partial charge in [-0.15, -0.1) is 0 Å². The first-order valence-corrected chi connectivity index (χ1v) is 12.5. The summed E-state index contributed by atoms with van der Waals surface area (Å²) in [4.78, 5) is 22.8. The van der Waals surface area contributed by atoms with Gasteiger partial charge in [-0.2, -0.15) is 13.9 Å². The molecule has 0 aliphatic rings. The molecule has 0 saturated heterocycles. The number of benzene rings is 2. The SMILES string of the molecule is C=CC(=O)Nc1cc(Nc2cc(-c3ccc4c(cnn4C)c3)ncn2)c(OC(F)F)cc1OCCN(C)C(C)C. The summed E-state index contributed by atoms with van der Waals surface area (Å²) in [6.07, 6.45) is 4.22. The van der Waals surface area contributed by atoms with Crippen LogP contribution in [0.4, 0.5) is 26.0 Å². The normalized spacial score (nSPS) is 11.3. The lowest BCUT2D eigenvalue weighted by atomic mass is 10.1. The van der Waals surface area contributed by atoms with Gasteiger partial charge in [0.25, 0.3) is 0 Å². The number of halogens is 2. The van der Waals surface area contributed by atoms with Crippen molar-refractivity contribution >= 4 is 34.0 Å². The monoisotopic (exact) mass is 551 g/mol. The third-order valence-corrected chi connectivity index (χ3v) is 6.30. The molecule has 40 heavy (non-hydrogen) atoms. The minimum Gasteiger partial charge on any atom is -0.490 e. The fourth-order valence-corrected chi connectivity index (χ4v) is 3.86. The van der Waals surface area contributed by atoms with E-state index in [1.807, 2.05) is 46.1 Å². The third-order valence-electron chi connectivity index (χ3n) is 6.30. The first-order valence-electron chi connectivity index (χ1n) is 12.5. The van der Waals surface area contributed by atoms with Gasteiger partial charge in [-0.05, 0) is 45.2 Å². The summed E-state index contributed by atoms with van der Waals surface area (Å²) in [6, 6.07) is 10.5. The highest BCUT2D eigenvalue weighted by atomic mass is 19.3. The zero-order valence-electron chi connectivity index (χ0n) is 22.7. The van der Waals surface area contributed by atoms with Gasteiger partial charge < -0.3 is 25.0 Å². The van der Waals surface area contributed by atoms with Crippen molar-refractivity contribution in [2.45, 2.75) is 26.5 Å². The number of aromatic nitrogens is 4. The average molecular weight is 552 g/mol. The first-order chi connectivity index (χ1) is 19.1. The molecule has 2 N–H and O–H groups in total. The van der Waals surface area contributed by atoms with Crippen LogP contribution in [-0.4, -0.2) is 63.4 Å². The molecule has 0 radical (unpaired) electrons. The summed E-state index contributed by atoms with van der Waals surface area (Å²) in [5.41, 5.74) is 2.78. The van der Waals surface area contributed by atoms with Crippen molar-refractivity contribution in [3.63, 3.8) is 0 Å². The van der Waals surface area contributed by atoms with E-state index in [1.165, 1.54) is 18.5 Å². The number of amides is 1. The van der Waals surface area contributed by atoms with Crippen molar-refractivity contribution in [1.29, 1.82) is 0 Å². The quantitative estimate of drug-likeness (QED) is 0.231. The third kappa shape index (κ3) is 6.89. The maximum absolute atomic E-state index is 13.4. The van der Waals surface area contributed by atoms with Gasteiger partial charge in [0.05, 0.1) is 28.8 Å². The standard InChI is InChI=1S/C28H31F2N7O3/c1-6-27(38)35-21-12-22(25(40-28(29)30)14-24(21)39-10-9-36(4)17(2)3)34-26-13-20(31-16-32-26)18-7-8-23-19(11-18)15-33-37(23)5/h6-8,11-17,28H,1,9-10H2,2-5H3,(H,35,38)(H,31,32,34). The first kappa shape index (κ1) is 28.4. The van der Waals surface area contributed by atoms with E-state index in [4.69, 9.17) is 9.47 Å². The highest BCUT2D eigenvalue weighted by Crippen LogP contribution is 2.39. The van der Waals surface area contributed by atoms with E-state index < -0.39 is 12.5 Å². The molecular weight excluding hydrogens is 520 g/mol. The largest absolute Gasteiger partial charge is 0.490 e. The number of carbonyl (C=O) groups is 1. The van der Waals surface area contributed by atoms with Crippen molar-refractivity contribution in [3.8, 4) is 22.8 Å². The molecular formula is C28H31F2N7O3. The predicted octanol–water partition coefficient (Wildman–Crippen LogP) is 5.22. The van der Waals surface area contributed by atoms with Gasteiger partial charge >= 0.3 is 6.61 Å². The Labute approximate surface area is 230 Å². The molecule has 2 aromatic carbocycles. The highest BCUT2D eigenvalue weighted by Gasteiger charge is 2.18. The van der Waals surface area contributed by atoms with Crippen molar-refractivity contribution in [3.05, 3.63) is 61.6 Å². The molecule has 0 unspecified atom stereocenters. The molecule has 4 rings (SSSR count). The Balaban J connectivity index is 1.66. The fourth-order valence-electron chi connectivity index (χ4n) is 3.86. The van der Waals surface area contributed by atoms with Crippen LogP contribution in [-0.2, 0) is 11.8 Å². The summed E-state index contributed by atoms with van der Waals surface area (Å²) in [7, 11) is 3.80. The van der Waals surface area contributed by atoms with E-state index in [2.05, 4.69) is 37.2 Å². The second-order valence-corrected chi connectivity index (χ2v) is 9.29. The zero-order valence-corrected chi connectivity index (χ0v) is 22.7. The predicted molar refractivity (Wildman–Crippen MR) is 150 cm³/mol. The number of anilines is 3. The number of hydrogen-bond donors (Lipinski definition) is 2. The van der Waals surface area contributed by atoms with E-state index in [-0.39, 0.29) is 35.5 Å². The molecule has 12 heteroatoms. The van der Waals surface area contributed by atoms with E-state index in [1.54, 1.807) is 16.9 Å². The summed E-state index contributed by atoms with van der Waals surface area (Å²) >= 11 is 0. The van der Waals surface area contributed by atoms with Gasteiger partial charge in [-0.25, -0.2) is 9.97 Å². The molecule has 1 amide bonds. The number of likely N-dealkylation sites (N-methyl/N-ethyl adjacent to an activating group) is 1. The summed E-state index contributed by atoms with van der Waals surface area (Å²) < 4.78 is 39.2. The lowest BCUT2D eigenvalue weighted by molar-refractivity contribution is -0.111. The van der Waals surface area contributed by atoms with Crippen LogP contribution in [0.2, 0.25) is 0 Å². The van der Waals surface area contributed by atoms with Crippen LogP contribution in [0.25, 0.3) is 22.2 Å². The molecule has 10 nitrogen and oxygen atoms in total. The second-order valence-electron chi connectivity index (χ2n) is 9.29. The van der Waals surface area contributed by atoms with Crippen LogP contribution in [0.3, 0.4) is 0 Å². The van der Waals surface area contributed by atoms with Crippen LogP contribution in [0, 0.1) is 0 Å². The number of hydrogen-bond acceptors (Lipinski definition) is 8. The molecule has 210 valence electrons. The molecule has 0 aliphatic heterocycles. The Kier molecular flexibility index (Phi) is 8.90. The number of fused-ring (bicyclic) bond motifs is 1. The van der Waals surface area contributed by atoms with Crippen LogP contribution >= 0.6 is 0 Å². The number of rotatable bonds is 12. The molecule has 0 atom stereocenters. The van der Waals surface area contributed by atoms with E-state index in [0.29, 0.717) is 18.1 Å². The number of nitrogens with one attached hydrogen (secondary N) is 2. The molecule has 4 aromatic rings. The average Bonchev–Trinajstić information content (AvgIpc) is 3.30. The number of carbonyl (C=O) groups excluding carboxylic acids is 1. The van der Waals surface area contributed by atoms with Crippen LogP contribution in [0.5, 0.6) is 11.5 Å². The second kappa shape index (κ2) is 12.5. The van der Waals surface area contributed by atoms with Gasteiger partial charge in [0.15, 0.2) is 5.75 Å². The molecule has 0 fully saturated rings. The summed E-state index contributed by atoms with van der Waals surface area (Å²) in [5.74, 6) is -0.186. The van der Waals surface area contributed by atoms with Crippen LogP contribution in [0.1, 0.15) is 13.8 Å². The number of ether oxygens (including phenoxy) is 2. The van der Waals surface area contributed by atoms with E-state index >= 15 is 0 Å². The van der Waals surface area contributed by atoms with E-state index in [0.717, 1.165) is 22.5 Å². The molecule has 2 aromatic heterocycles. The van der Waals surface area contributed by atoms with Gasteiger partial charge in [-0.1, -0.05) is 12.6 Å². The van der Waals surface area contributed by atoms with Crippen molar-refractivity contribution in [2.24, 2.45) is 7.05 Å². The van der Waals surface area contributed by atoms with Crippen molar-refractivity contribution < 1.29 is 23.0 Å². The lowest BCUT2D eigenvalue weighted by Gasteiger charge is -2.22. The Hall–Kier alpha value is -4.58. The zero-order chi connectivity index (χ0) is 28.8.